The van der Waals surface area contributed by atoms with Crippen LogP contribution in [0.5, 0.6) is 28.7 Å². The Balaban J connectivity index is 1.96. The lowest BCUT2D eigenvalue weighted by molar-refractivity contribution is 0.228. The summed E-state index contributed by atoms with van der Waals surface area (Å²) >= 11 is 0. The third-order valence-electron chi connectivity index (χ3n) is 4.88. The number of methoxy groups -OCH3 is 1. The van der Waals surface area contributed by atoms with Crippen molar-refractivity contribution >= 4 is 0 Å². The van der Waals surface area contributed by atoms with Crippen LogP contribution >= 0.6 is 0 Å². The summed E-state index contributed by atoms with van der Waals surface area (Å²) in [5.74, 6) is 1.25. The molecule has 2 aliphatic heterocycles. The molecule has 1 atom stereocenters. The highest BCUT2D eigenvalue weighted by molar-refractivity contribution is 5.62. The maximum atomic E-state index is 10.4. The van der Waals surface area contributed by atoms with Crippen molar-refractivity contribution < 1.29 is 19.7 Å². The monoisotopic (exact) mass is 313 g/mol. The van der Waals surface area contributed by atoms with Crippen molar-refractivity contribution in [3.05, 3.63) is 41.0 Å². The Morgan fingerprint density at radius 2 is 1.91 bits per heavy atom. The molecule has 4 rings (SSSR count). The number of phenols is 2. The molecule has 0 spiro atoms. The standard InChI is InChI=1S/C18H19NO4/c1-19-8-7-10-3-5-13(20)18-15(10)12(19)9-11-4-6-14(22-2)16(21)17(11)23-18/h3-6,12,20-21H,7-9H2,1-2H3/t12-/m1/s1. The van der Waals surface area contributed by atoms with Crippen LogP contribution in [0.15, 0.2) is 24.3 Å². The number of phenolic OH excluding ortho intramolecular Hbond substituents is 2. The first-order valence-corrected chi connectivity index (χ1v) is 7.71. The molecular formula is C18H19NO4. The van der Waals surface area contributed by atoms with Gasteiger partial charge in [0, 0.05) is 23.7 Å². The quantitative estimate of drug-likeness (QED) is 0.847. The van der Waals surface area contributed by atoms with Crippen LogP contribution in [0, 0.1) is 0 Å². The number of hydrogen-bond acceptors (Lipinski definition) is 5. The fourth-order valence-corrected chi connectivity index (χ4v) is 3.59. The Labute approximate surface area is 134 Å². The highest BCUT2D eigenvalue weighted by Crippen LogP contribution is 2.52. The lowest BCUT2D eigenvalue weighted by Crippen LogP contribution is -2.33. The Hall–Kier alpha value is -2.40. The first-order valence-electron chi connectivity index (χ1n) is 7.71. The summed E-state index contributed by atoms with van der Waals surface area (Å²) in [6.07, 6.45) is 1.64. The summed E-state index contributed by atoms with van der Waals surface area (Å²) in [6, 6.07) is 7.41. The molecule has 5 heteroatoms. The number of benzene rings is 2. The smallest absolute Gasteiger partial charge is 0.201 e. The van der Waals surface area contributed by atoms with Crippen molar-refractivity contribution in [3.8, 4) is 28.7 Å². The number of likely N-dealkylation sites (N-methyl/N-ethyl adjacent to an activating group) is 1. The molecule has 2 aromatic rings. The van der Waals surface area contributed by atoms with Gasteiger partial charge in [-0.25, -0.2) is 0 Å². The van der Waals surface area contributed by atoms with Gasteiger partial charge in [0.1, 0.15) is 0 Å². The third kappa shape index (κ3) is 2.04. The number of fused-ring (bicyclic) bond motifs is 1. The van der Waals surface area contributed by atoms with Gasteiger partial charge < -0.3 is 19.7 Å². The summed E-state index contributed by atoms with van der Waals surface area (Å²) in [7, 11) is 3.59. The second-order valence-corrected chi connectivity index (χ2v) is 6.14. The van der Waals surface area contributed by atoms with Crippen molar-refractivity contribution in [2.24, 2.45) is 0 Å². The van der Waals surface area contributed by atoms with Gasteiger partial charge >= 0.3 is 0 Å². The lowest BCUT2D eigenvalue weighted by atomic mass is 9.88. The molecule has 5 nitrogen and oxygen atoms in total. The van der Waals surface area contributed by atoms with Gasteiger partial charge in [-0.1, -0.05) is 12.1 Å². The van der Waals surface area contributed by atoms with E-state index < -0.39 is 0 Å². The van der Waals surface area contributed by atoms with Crippen LogP contribution in [0.4, 0.5) is 0 Å². The van der Waals surface area contributed by atoms with Crippen LogP contribution in [0.2, 0.25) is 0 Å². The van der Waals surface area contributed by atoms with E-state index in [2.05, 4.69) is 11.9 Å². The number of nitrogens with zero attached hydrogens (tertiary/aromatic N) is 1. The van der Waals surface area contributed by atoms with Gasteiger partial charge in [-0.3, -0.25) is 4.90 Å². The first-order chi connectivity index (χ1) is 11.1. The molecule has 2 heterocycles. The molecule has 0 aromatic heterocycles. The summed E-state index contributed by atoms with van der Waals surface area (Å²) in [4.78, 5) is 2.27. The molecule has 2 aliphatic rings. The van der Waals surface area contributed by atoms with Crippen LogP contribution in [-0.2, 0) is 12.8 Å². The topological polar surface area (TPSA) is 62.2 Å². The molecule has 0 bridgehead atoms. The number of ether oxygens (including phenoxy) is 2. The van der Waals surface area contributed by atoms with E-state index in [4.69, 9.17) is 9.47 Å². The average molecular weight is 313 g/mol. The minimum atomic E-state index is -0.0247. The van der Waals surface area contributed by atoms with Gasteiger partial charge in [0.25, 0.3) is 0 Å². The highest BCUT2D eigenvalue weighted by Gasteiger charge is 2.34. The maximum Gasteiger partial charge on any atom is 0.201 e. The largest absolute Gasteiger partial charge is 0.504 e. The molecule has 0 amide bonds. The van der Waals surface area contributed by atoms with Crippen LogP contribution in [0.3, 0.4) is 0 Å². The van der Waals surface area contributed by atoms with E-state index >= 15 is 0 Å². The summed E-state index contributed by atoms with van der Waals surface area (Å²) in [5, 5.41) is 20.8. The fourth-order valence-electron chi connectivity index (χ4n) is 3.59. The molecule has 2 N–H and O–H groups in total. The van der Waals surface area contributed by atoms with Crippen molar-refractivity contribution in [1.82, 2.24) is 4.90 Å². The van der Waals surface area contributed by atoms with Gasteiger partial charge in [0.2, 0.25) is 5.75 Å². The predicted molar refractivity (Wildman–Crippen MR) is 85.6 cm³/mol. The third-order valence-corrected chi connectivity index (χ3v) is 4.88. The molecule has 23 heavy (non-hydrogen) atoms. The number of rotatable bonds is 1. The SMILES string of the molecule is COc1ccc2c(c1O)Oc1c(O)ccc3c1[C@@H](C2)N(C)CC3. The van der Waals surface area contributed by atoms with Gasteiger partial charge in [-0.05, 0) is 37.6 Å². The van der Waals surface area contributed by atoms with Crippen molar-refractivity contribution in [2.45, 2.75) is 18.9 Å². The highest BCUT2D eigenvalue weighted by atomic mass is 16.5. The average Bonchev–Trinajstić information content (AvgIpc) is 2.73. The normalized spacial score (nSPS) is 19.3. The van der Waals surface area contributed by atoms with E-state index in [1.54, 1.807) is 12.1 Å². The number of aromatic hydroxyl groups is 2. The van der Waals surface area contributed by atoms with E-state index in [0.29, 0.717) is 23.7 Å². The minimum absolute atomic E-state index is 0.0247. The van der Waals surface area contributed by atoms with Gasteiger partial charge in [0.15, 0.2) is 23.0 Å². The number of hydrogen-bond donors (Lipinski definition) is 2. The molecule has 0 saturated carbocycles. The molecule has 0 radical (unpaired) electrons. The zero-order chi connectivity index (χ0) is 16.1. The van der Waals surface area contributed by atoms with Crippen LogP contribution in [0.25, 0.3) is 0 Å². The van der Waals surface area contributed by atoms with E-state index in [9.17, 15) is 10.2 Å². The van der Waals surface area contributed by atoms with Gasteiger partial charge in [0.05, 0.1) is 7.11 Å². The second-order valence-electron chi connectivity index (χ2n) is 6.14. The van der Waals surface area contributed by atoms with E-state index in [1.807, 2.05) is 12.1 Å². The van der Waals surface area contributed by atoms with Crippen molar-refractivity contribution in [3.63, 3.8) is 0 Å². The Bertz CT molecular complexity index is 787. The molecular weight excluding hydrogens is 294 g/mol. The Kier molecular flexibility index (Phi) is 3.13. The molecule has 0 saturated heterocycles. The van der Waals surface area contributed by atoms with Gasteiger partial charge in [-0.2, -0.15) is 0 Å². The van der Waals surface area contributed by atoms with E-state index in [1.165, 1.54) is 12.7 Å². The molecule has 0 aliphatic carbocycles. The summed E-state index contributed by atoms with van der Waals surface area (Å²) in [5.41, 5.74) is 3.12. The van der Waals surface area contributed by atoms with Crippen molar-refractivity contribution in [1.29, 1.82) is 0 Å². The van der Waals surface area contributed by atoms with Crippen molar-refractivity contribution in [2.75, 3.05) is 20.7 Å². The Morgan fingerprint density at radius 1 is 1.13 bits per heavy atom. The molecule has 0 unspecified atom stereocenters. The second kappa shape index (κ2) is 5.06. The molecule has 2 aromatic carbocycles. The molecule has 120 valence electrons. The zero-order valence-corrected chi connectivity index (χ0v) is 13.2. The fraction of sp³-hybridized carbons (Fsp3) is 0.333. The minimum Gasteiger partial charge on any atom is -0.504 e. The predicted octanol–water partition coefficient (Wildman–Crippen LogP) is 2.98. The first kappa shape index (κ1) is 14.2. The lowest BCUT2D eigenvalue weighted by Gasteiger charge is -2.34. The summed E-state index contributed by atoms with van der Waals surface area (Å²) < 4.78 is 11.2. The van der Waals surface area contributed by atoms with E-state index in [0.717, 1.165) is 24.1 Å². The zero-order valence-electron chi connectivity index (χ0n) is 13.2. The molecule has 0 fully saturated rings. The van der Waals surface area contributed by atoms with Crippen LogP contribution < -0.4 is 9.47 Å². The maximum absolute atomic E-state index is 10.4. The summed E-state index contributed by atoms with van der Waals surface area (Å²) in [6.45, 7) is 0.958. The Morgan fingerprint density at radius 3 is 2.70 bits per heavy atom. The van der Waals surface area contributed by atoms with E-state index in [-0.39, 0.29) is 17.5 Å². The van der Waals surface area contributed by atoms with Crippen LogP contribution in [-0.4, -0.2) is 35.8 Å². The van der Waals surface area contributed by atoms with Gasteiger partial charge in [-0.15, -0.1) is 0 Å². The van der Waals surface area contributed by atoms with Crippen LogP contribution in [0.1, 0.15) is 22.7 Å².